The summed E-state index contributed by atoms with van der Waals surface area (Å²) in [4.78, 5) is 39.0. The van der Waals surface area contributed by atoms with Crippen molar-refractivity contribution >= 4 is 45.2 Å². The van der Waals surface area contributed by atoms with Gasteiger partial charge in [0.2, 0.25) is 11.8 Å². The SMILES string of the molecule is COCC1=C2[C@@H](CC/C(C)=C/c3cc(Br)ccc3O)OC[C@@H]2[C@@H]2C(=O)N(c3cccc([N+](=O)[O-])c3)C(=O)[C@@H]2C1. The summed E-state index contributed by atoms with van der Waals surface area (Å²) in [6, 6.07) is 10.9. The number of nitrogens with zero attached hydrogens (tertiary/aromatic N) is 2. The number of hydrogen-bond acceptors (Lipinski definition) is 7. The zero-order valence-corrected chi connectivity index (χ0v) is 23.2. The molecule has 2 aliphatic heterocycles. The number of allylic oxidation sites excluding steroid dienone is 1. The highest BCUT2D eigenvalue weighted by molar-refractivity contribution is 9.10. The number of carbonyl (C=O) groups excluding carboxylic acids is 2. The van der Waals surface area contributed by atoms with Gasteiger partial charge in [0.1, 0.15) is 5.75 Å². The molecule has 4 atom stereocenters. The fourth-order valence-electron chi connectivity index (χ4n) is 6.12. The van der Waals surface area contributed by atoms with Crippen molar-refractivity contribution in [1.29, 1.82) is 0 Å². The number of rotatable bonds is 8. The number of methoxy groups -OCH3 is 1. The molecule has 0 aromatic heterocycles. The first-order chi connectivity index (χ1) is 18.7. The van der Waals surface area contributed by atoms with Gasteiger partial charge >= 0.3 is 0 Å². The van der Waals surface area contributed by atoms with Gasteiger partial charge in [-0.25, -0.2) is 4.90 Å². The van der Waals surface area contributed by atoms with Crippen LogP contribution in [0.15, 0.2) is 63.7 Å². The van der Waals surface area contributed by atoms with Gasteiger partial charge in [-0.2, -0.15) is 0 Å². The molecule has 5 rings (SSSR count). The topological polar surface area (TPSA) is 119 Å². The first kappa shape index (κ1) is 27.2. The lowest BCUT2D eigenvalue weighted by atomic mass is 9.69. The molecule has 1 N–H and O–H groups in total. The maximum atomic E-state index is 13.7. The fourth-order valence-corrected chi connectivity index (χ4v) is 6.50. The van der Waals surface area contributed by atoms with Crippen LogP contribution in [0.4, 0.5) is 11.4 Å². The quantitative estimate of drug-likeness (QED) is 0.187. The monoisotopic (exact) mass is 596 g/mol. The van der Waals surface area contributed by atoms with Crippen LogP contribution in [0.1, 0.15) is 31.7 Å². The molecular formula is C29H29BrN2O7. The summed E-state index contributed by atoms with van der Waals surface area (Å²) < 4.78 is 12.6. The second kappa shape index (κ2) is 11.0. The van der Waals surface area contributed by atoms with Crippen molar-refractivity contribution in [3.63, 3.8) is 0 Å². The molecule has 2 saturated heterocycles. The van der Waals surface area contributed by atoms with E-state index in [4.69, 9.17) is 9.47 Å². The number of nitro benzene ring substituents is 1. The van der Waals surface area contributed by atoms with Crippen molar-refractivity contribution < 1.29 is 29.1 Å². The molecule has 2 aromatic rings. The van der Waals surface area contributed by atoms with E-state index in [1.165, 1.54) is 18.2 Å². The third-order valence-electron chi connectivity index (χ3n) is 7.82. The molecule has 2 heterocycles. The Kier molecular flexibility index (Phi) is 7.70. The summed E-state index contributed by atoms with van der Waals surface area (Å²) in [5.41, 5.74) is 3.86. The molecule has 0 radical (unpaired) electrons. The summed E-state index contributed by atoms with van der Waals surface area (Å²) in [6.07, 6.45) is 3.53. The molecule has 2 aromatic carbocycles. The number of benzene rings is 2. The summed E-state index contributed by atoms with van der Waals surface area (Å²) in [7, 11) is 1.61. The van der Waals surface area contributed by atoms with Crippen LogP contribution in [0.2, 0.25) is 0 Å². The maximum Gasteiger partial charge on any atom is 0.271 e. The predicted molar refractivity (Wildman–Crippen MR) is 148 cm³/mol. The second-order valence-electron chi connectivity index (χ2n) is 10.3. The van der Waals surface area contributed by atoms with Crippen molar-refractivity contribution in [1.82, 2.24) is 0 Å². The van der Waals surface area contributed by atoms with Crippen LogP contribution in [-0.2, 0) is 19.1 Å². The van der Waals surface area contributed by atoms with Crippen molar-refractivity contribution in [2.45, 2.75) is 32.3 Å². The Balaban J connectivity index is 1.38. The molecule has 39 heavy (non-hydrogen) atoms. The lowest BCUT2D eigenvalue weighted by Gasteiger charge is -2.31. The van der Waals surface area contributed by atoms with Gasteiger partial charge in [-0.15, -0.1) is 0 Å². The Labute approximate surface area is 234 Å². The van der Waals surface area contributed by atoms with Gasteiger partial charge < -0.3 is 14.6 Å². The number of carbonyl (C=O) groups is 2. The first-order valence-electron chi connectivity index (χ1n) is 12.8. The second-order valence-corrected chi connectivity index (χ2v) is 11.2. The summed E-state index contributed by atoms with van der Waals surface area (Å²) >= 11 is 3.44. The van der Waals surface area contributed by atoms with Crippen molar-refractivity contribution in [2.24, 2.45) is 17.8 Å². The van der Waals surface area contributed by atoms with E-state index in [-0.39, 0.29) is 41.0 Å². The standard InChI is InChI=1S/C29H29BrN2O7/c1-16(10-17-11-19(30)7-8-24(17)33)6-9-25-26-18(14-38-2)12-22-27(23(26)15-39-25)29(35)31(28(22)34)20-4-3-5-21(13-20)32(36)37/h3-5,7-8,10-11,13,22-23,25,27,33H,6,9,12,14-15H2,1-2H3/b16-10+/t22-,23+,25-,27-/m1/s1. The van der Waals surface area contributed by atoms with E-state index in [1.54, 1.807) is 25.3 Å². The normalized spacial score (nSPS) is 24.8. The molecule has 0 spiro atoms. The number of phenols is 1. The molecule has 1 aliphatic carbocycles. The van der Waals surface area contributed by atoms with Gasteiger partial charge in [-0.05, 0) is 61.6 Å². The minimum atomic E-state index is -0.576. The van der Waals surface area contributed by atoms with Crippen molar-refractivity contribution in [3.05, 3.63) is 79.3 Å². The predicted octanol–water partition coefficient (Wildman–Crippen LogP) is 5.41. The minimum Gasteiger partial charge on any atom is -0.507 e. The number of hydrogen-bond donors (Lipinski definition) is 1. The highest BCUT2D eigenvalue weighted by Gasteiger charge is 2.57. The molecule has 0 saturated carbocycles. The van der Waals surface area contributed by atoms with E-state index < -0.39 is 16.8 Å². The minimum absolute atomic E-state index is 0.175. The number of non-ortho nitro benzene ring substituents is 1. The molecule has 9 nitrogen and oxygen atoms in total. The maximum absolute atomic E-state index is 13.7. The van der Waals surface area contributed by atoms with Gasteiger partial charge in [0.05, 0.1) is 41.8 Å². The molecular weight excluding hydrogens is 568 g/mol. The summed E-state index contributed by atoms with van der Waals surface area (Å²) in [5, 5.41) is 21.5. The number of anilines is 1. The number of aromatic hydroxyl groups is 1. The zero-order valence-electron chi connectivity index (χ0n) is 21.6. The lowest BCUT2D eigenvalue weighted by molar-refractivity contribution is -0.384. The van der Waals surface area contributed by atoms with E-state index in [2.05, 4.69) is 15.9 Å². The number of nitro groups is 1. The van der Waals surface area contributed by atoms with Crippen LogP contribution in [-0.4, -0.2) is 48.3 Å². The molecule has 10 heteroatoms. The summed E-state index contributed by atoms with van der Waals surface area (Å²) in [6.45, 7) is 2.67. The molecule has 0 unspecified atom stereocenters. The molecule has 2 fully saturated rings. The third kappa shape index (κ3) is 5.16. The Morgan fingerprint density at radius 1 is 1.23 bits per heavy atom. The smallest absolute Gasteiger partial charge is 0.271 e. The van der Waals surface area contributed by atoms with Gasteiger partial charge in [0.15, 0.2) is 0 Å². The Morgan fingerprint density at radius 2 is 2.03 bits per heavy atom. The Morgan fingerprint density at radius 3 is 2.77 bits per heavy atom. The van der Waals surface area contributed by atoms with Crippen LogP contribution in [0.25, 0.3) is 6.08 Å². The summed E-state index contributed by atoms with van der Waals surface area (Å²) in [5.74, 6) is -1.86. The third-order valence-corrected chi connectivity index (χ3v) is 8.31. The lowest BCUT2D eigenvalue weighted by Crippen LogP contribution is -2.35. The van der Waals surface area contributed by atoms with Gasteiger partial charge in [0, 0.05) is 35.2 Å². The van der Waals surface area contributed by atoms with Crippen LogP contribution in [0.3, 0.4) is 0 Å². The largest absolute Gasteiger partial charge is 0.507 e. The highest BCUT2D eigenvalue weighted by Crippen LogP contribution is 2.50. The number of phenolic OH excluding ortho intramolecular Hbond substituents is 1. The average molecular weight is 597 g/mol. The Hall–Kier alpha value is -3.34. The number of halogens is 1. The molecule has 0 bridgehead atoms. The number of amides is 2. The van der Waals surface area contributed by atoms with E-state index >= 15 is 0 Å². The molecule has 3 aliphatic rings. The first-order valence-corrected chi connectivity index (χ1v) is 13.6. The van der Waals surface area contributed by atoms with Crippen LogP contribution in [0.5, 0.6) is 5.75 Å². The molecule has 2 amide bonds. The van der Waals surface area contributed by atoms with Crippen LogP contribution in [0, 0.1) is 27.9 Å². The fraction of sp³-hybridized carbons (Fsp3) is 0.379. The Bertz CT molecular complexity index is 1400. The van der Waals surface area contributed by atoms with E-state index in [1.807, 2.05) is 19.1 Å². The zero-order chi connectivity index (χ0) is 27.8. The highest BCUT2D eigenvalue weighted by atomic mass is 79.9. The number of ether oxygens (including phenoxy) is 2. The van der Waals surface area contributed by atoms with Gasteiger partial charge in [0.25, 0.3) is 5.69 Å². The van der Waals surface area contributed by atoms with E-state index in [9.17, 15) is 24.8 Å². The van der Waals surface area contributed by atoms with Gasteiger partial charge in [-0.1, -0.05) is 33.6 Å². The number of imide groups is 1. The van der Waals surface area contributed by atoms with Gasteiger partial charge in [-0.3, -0.25) is 19.7 Å². The van der Waals surface area contributed by atoms with E-state index in [0.717, 1.165) is 31.7 Å². The average Bonchev–Trinajstić information content (AvgIpc) is 3.44. The number of fused-ring (bicyclic) bond motifs is 3. The van der Waals surface area contributed by atoms with Crippen LogP contribution < -0.4 is 4.90 Å². The van der Waals surface area contributed by atoms with Crippen molar-refractivity contribution in [2.75, 3.05) is 25.2 Å². The van der Waals surface area contributed by atoms with E-state index in [0.29, 0.717) is 32.5 Å². The molecule has 204 valence electrons. The van der Waals surface area contributed by atoms with Crippen molar-refractivity contribution in [3.8, 4) is 5.75 Å². The van der Waals surface area contributed by atoms with Crippen LogP contribution >= 0.6 is 15.9 Å².